The van der Waals surface area contributed by atoms with E-state index in [9.17, 15) is 18.0 Å². The third-order valence-corrected chi connectivity index (χ3v) is 9.38. The van der Waals surface area contributed by atoms with Crippen LogP contribution in [-0.2, 0) is 21.3 Å². The Bertz CT molecular complexity index is 2050. The summed E-state index contributed by atoms with van der Waals surface area (Å²) < 4.78 is 30.8. The molecular weight excluding hydrogens is 714 g/mol. The third kappa shape index (κ3) is 9.38. The molecule has 246 valence electrons. The van der Waals surface area contributed by atoms with Crippen molar-refractivity contribution in [3.63, 3.8) is 0 Å². The molecule has 0 spiro atoms. The second-order valence-corrected chi connectivity index (χ2v) is 14.2. The lowest BCUT2D eigenvalue weighted by molar-refractivity contribution is -0.117. The van der Waals surface area contributed by atoms with Crippen molar-refractivity contribution in [3.05, 3.63) is 146 Å². The molecule has 2 amide bonds. The average Bonchev–Trinajstić information content (AvgIpc) is 3.04. The first-order chi connectivity index (χ1) is 22.9. The van der Waals surface area contributed by atoms with Gasteiger partial charge in [0.15, 0.2) is 0 Å². The van der Waals surface area contributed by atoms with Gasteiger partial charge in [-0.15, -0.1) is 0 Å². The summed E-state index contributed by atoms with van der Waals surface area (Å²) in [5, 5.41) is 7.58. The lowest BCUT2D eigenvalue weighted by Crippen LogP contribution is -2.28. The molecular formula is C36H28Cl4N2O5S. The van der Waals surface area contributed by atoms with Gasteiger partial charge in [0, 0.05) is 49.0 Å². The molecule has 48 heavy (non-hydrogen) atoms. The molecule has 0 aliphatic rings. The predicted octanol–water partition coefficient (Wildman–Crippen LogP) is 9.22. The van der Waals surface area contributed by atoms with Gasteiger partial charge >= 0.3 is 0 Å². The molecule has 0 saturated carbocycles. The summed E-state index contributed by atoms with van der Waals surface area (Å²) in [5.74, 6) is -1.93. The fourth-order valence-corrected chi connectivity index (χ4v) is 6.49. The van der Waals surface area contributed by atoms with Gasteiger partial charge in [-0.1, -0.05) is 107 Å². The molecule has 0 radical (unpaired) electrons. The Labute approximate surface area is 298 Å². The van der Waals surface area contributed by atoms with E-state index in [2.05, 4.69) is 10.6 Å². The van der Waals surface area contributed by atoms with Crippen molar-refractivity contribution in [2.45, 2.75) is 12.3 Å². The number of rotatable bonds is 11. The Morgan fingerprint density at radius 2 is 1.21 bits per heavy atom. The smallest absolute Gasteiger partial charge is 0.266 e. The normalized spacial score (nSPS) is 11.9. The molecule has 1 unspecified atom stereocenters. The summed E-state index contributed by atoms with van der Waals surface area (Å²) in [5.41, 5.74) is 5.80. The third-order valence-electron chi connectivity index (χ3n) is 7.57. The van der Waals surface area contributed by atoms with E-state index in [4.69, 9.17) is 51.0 Å². The van der Waals surface area contributed by atoms with Crippen molar-refractivity contribution in [2.24, 2.45) is 0 Å². The van der Waals surface area contributed by atoms with Crippen molar-refractivity contribution in [1.82, 2.24) is 5.32 Å². The molecule has 0 aromatic heterocycles. The molecule has 0 heterocycles. The van der Waals surface area contributed by atoms with E-state index < -0.39 is 27.7 Å². The number of nitrogens with one attached hydrogen (secondary N) is 2. The van der Waals surface area contributed by atoms with Crippen LogP contribution < -0.4 is 10.6 Å². The summed E-state index contributed by atoms with van der Waals surface area (Å²) in [4.78, 5) is 26.3. The molecule has 0 saturated heterocycles. The van der Waals surface area contributed by atoms with Gasteiger partial charge in [-0.2, -0.15) is 8.42 Å². The minimum Gasteiger partial charge on any atom is -0.351 e. The number of hydrogen-bond acceptors (Lipinski definition) is 4. The summed E-state index contributed by atoms with van der Waals surface area (Å²) in [7, 11) is -4.19. The first-order valence-corrected chi connectivity index (χ1v) is 17.7. The van der Waals surface area contributed by atoms with Crippen LogP contribution in [-0.4, -0.2) is 37.1 Å². The summed E-state index contributed by atoms with van der Waals surface area (Å²) in [6.45, 7) is -0.230. The molecule has 5 rings (SSSR count). The van der Waals surface area contributed by atoms with Crippen LogP contribution in [0, 0.1) is 0 Å². The monoisotopic (exact) mass is 740 g/mol. The maximum atomic E-state index is 13.9. The SMILES string of the molecule is O=C(NCCS(=O)(=O)O)c1ccc(CC(C(=O)Nc2ccc(-c3ccc(Cl)cc3Cl)cc2)c2ccc(-c3ccc(Cl)cc3Cl)cc2)cc1. The fraction of sp³-hybridized carbons (Fsp3) is 0.111. The van der Waals surface area contributed by atoms with Crippen LogP contribution in [0.3, 0.4) is 0 Å². The van der Waals surface area contributed by atoms with E-state index in [1.807, 2.05) is 48.5 Å². The number of carbonyl (C=O) groups excluding carboxylic acids is 2. The minimum atomic E-state index is -4.19. The maximum Gasteiger partial charge on any atom is 0.266 e. The van der Waals surface area contributed by atoms with Crippen molar-refractivity contribution in [3.8, 4) is 22.3 Å². The molecule has 5 aromatic carbocycles. The summed E-state index contributed by atoms with van der Waals surface area (Å²) in [6, 6.07) is 32.1. The summed E-state index contributed by atoms with van der Waals surface area (Å²) >= 11 is 24.9. The van der Waals surface area contributed by atoms with Crippen molar-refractivity contribution in [2.75, 3.05) is 17.6 Å². The predicted molar refractivity (Wildman–Crippen MR) is 194 cm³/mol. The number of amides is 2. The van der Waals surface area contributed by atoms with E-state index in [1.165, 1.54) is 0 Å². The maximum absolute atomic E-state index is 13.9. The van der Waals surface area contributed by atoms with E-state index >= 15 is 0 Å². The average molecular weight is 743 g/mol. The minimum absolute atomic E-state index is 0.230. The van der Waals surface area contributed by atoms with Gasteiger partial charge in [-0.05, 0) is 77.2 Å². The van der Waals surface area contributed by atoms with Gasteiger partial charge < -0.3 is 10.6 Å². The Balaban J connectivity index is 1.37. The number of carbonyl (C=O) groups is 2. The zero-order chi connectivity index (χ0) is 34.4. The van der Waals surface area contributed by atoms with E-state index in [0.717, 1.165) is 33.4 Å². The molecule has 0 bridgehead atoms. The Morgan fingerprint density at radius 3 is 1.71 bits per heavy atom. The van der Waals surface area contributed by atoms with Crippen molar-refractivity contribution < 1.29 is 22.6 Å². The number of benzene rings is 5. The molecule has 5 aromatic rings. The van der Waals surface area contributed by atoms with E-state index in [0.29, 0.717) is 37.8 Å². The van der Waals surface area contributed by atoms with Gasteiger partial charge in [-0.25, -0.2) is 0 Å². The number of hydrogen-bond donors (Lipinski definition) is 3. The van der Waals surface area contributed by atoms with Crippen LogP contribution >= 0.6 is 46.4 Å². The van der Waals surface area contributed by atoms with Crippen molar-refractivity contribution in [1.29, 1.82) is 0 Å². The van der Waals surface area contributed by atoms with E-state index in [-0.39, 0.29) is 12.5 Å². The Hall–Kier alpha value is -3.89. The van der Waals surface area contributed by atoms with Crippen LogP contribution in [0.2, 0.25) is 20.1 Å². The quantitative estimate of drug-likeness (QED) is 0.117. The highest BCUT2D eigenvalue weighted by molar-refractivity contribution is 7.85. The standard InChI is InChI=1S/C36H28Cl4N2O5S/c37-27-11-15-30(33(39)20-27)23-5-7-25(8-6-23)32(19-22-1-3-26(4-2-22)35(43)41-17-18-48(45,46)47)36(44)42-29-13-9-24(10-14-29)31-16-12-28(38)21-34(31)40/h1-16,20-21,32H,17-19H2,(H,41,43)(H,42,44)(H,45,46,47). The van der Waals surface area contributed by atoms with Crippen LogP contribution in [0.4, 0.5) is 5.69 Å². The lowest BCUT2D eigenvalue weighted by Gasteiger charge is -2.19. The molecule has 12 heteroatoms. The van der Waals surface area contributed by atoms with Gasteiger partial charge in [0.05, 0.1) is 11.7 Å². The second kappa shape index (κ2) is 15.6. The number of anilines is 1. The van der Waals surface area contributed by atoms with Crippen molar-refractivity contribution >= 4 is 74.0 Å². The molecule has 3 N–H and O–H groups in total. The molecule has 1 atom stereocenters. The van der Waals surface area contributed by atoms with Crippen LogP contribution in [0.15, 0.2) is 109 Å². The van der Waals surface area contributed by atoms with Crippen LogP contribution in [0.5, 0.6) is 0 Å². The Morgan fingerprint density at radius 1 is 0.688 bits per heavy atom. The molecule has 0 aliphatic carbocycles. The Kier molecular flexibility index (Phi) is 11.5. The van der Waals surface area contributed by atoms with Gasteiger partial charge in [0.25, 0.3) is 16.0 Å². The topological polar surface area (TPSA) is 113 Å². The van der Waals surface area contributed by atoms with E-state index in [1.54, 1.807) is 60.7 Å². The van der Waals surface area contributed by atoms with Gasteiger partial charge in [0.2, 0.25) is 5.91 Å². The molecule has 7 nitrogen and oxygen atoms in total. The first kappa shape index (κ1) is 35.4. The molecule has 0 fully saturated rings. The zero-order valence-corrected chi connectivity index (χ0v) is 28.9. The zero-order valence-electron chi connectivity index (χ0n) is 25.1. The largest absolute Gasteiger partial charge is 0.351 e. The fourth-order valence-electron chi connectivity index (χ4n) is 5.09. The van der Waals surface area contributed by atoms with Crippen LogP contribution in [0.25, 0.3) is 22.3 Å². The highest BCUT2D eigenvalue weighted by Gasteiger charge is 2.22. The highest BCUT2D eigenvalue weighted by atomic mass is 35.5. The van der Waals surface area contributed by atoms with Gasteiger partial charge in [-0.3, -0.25) is 14.1 Å². The number of halogens is 4. The van der Waals surface area contributed by atoms with Crippen LogP contribution in [0.1, 0.15) is 27.4 Å². The van der Waals surface area contributed by atoms with Gasteiger partial charge in [0.1, 0.15) is 0 Å². The molecule has 0 aliphatic heterocycles. The lowest BCUT2D eigenvalue weighted by atomic mass is 9.89. The highest BCUT2D eigenvalue weighted by Crippen LogP contribution is 2.33. The summed E-state index contributed by atoms with van der Waals surface area (Å²) in [6.07, 6.45) is 0.315. The second-order valence-electron chi connectivity index (χ2n) is 10.9. The first-order valence-electron chi connectivity index (χ1n) is 14.6.